The van der Waals surface area contributed by atoms with Crippen LogP contribution < -0.4 is 5.32 Å². The van der Waals surface area contributed by atoms with Crippen molar-refractivity contribution in [3.8, 4) is 0 Å². The summed E-state index contributed by atoms with van der Waals surface area (Å²) in [6, 6.07) is 13.2. The largest absolute Gasteiger partial charge is 0.352 e. The summed E-state index contributed by atoms with van der Waals surface area (Å²) in [5.41, 5.74) is 3.09. The van der Waals surface area contributed by atoms with Crippen LogP contribution in [-0.4, -0.2) is 47.7 Å². The topological polar surface area (TPSA) is 69.7 Å². The van der Waals surface area contributed by atoms with Gasteiger partial charge in [-0.25, -0.2) is 0 Å². The summed E-state index contributed by atoms with van der Waals surface area (Å²) >= 11 is 3.32. The zero-order chi connectivity index (χ0) is 21.7. The first-order chi connectivity index (χ1) is 14.4. The average molecular weight is 472 g/mol. The highest BCUT2D eigenvalue weighted by Crippen LogP contribution is 2.26. The molecule has 0 aliphatic carbocycles. The fourth-order valence-electron chi connectivity index (χ4n) is 3.41. The molecule has 0 spiro atoms. The van der Waals surface area contributed by atoms with Crippen molar-refractivity contribution >= 4 is 33.7 Å². The van der Waals surface area contributed by atoms with Gasteiger partial charge in [-0.05, 0) is 49.3 Å². The third-order valence-electron chi connectivity index (χ3n) is 5.19. The summed E-state index contributed by atoms with van der Waals surface area (Å²) in [7, 11) is 2.07. The summed E-state index contributed by atoms with van der Waals surface area (Å²) in [5.74, 6) is -0.687. The summed E-state index contributed by atoms with van der Waals surface area (Å²) in [4.78, 5) is 40.5. The van der Waals surface area contributed by atoms with Crippen molar-refractivity contribution in [2.24, 2.45) is 0 Å². The Morgan fingerprint density at radius 3 is 2.57 bits per heavy atom. The van der Waals surface area contributed by atoms with Crippen molar-refractivity contribution in [3.63, 3.8) is 0 Å². The predicted octanol–water partition coefficient (Wildman–Crippen LogP) is 3.59. The molecule has 2 aromatic carbocycles. The molecule has 3 amide bonds. The number of nitrogens with zero attached hydrogens (tertiary/aromatic N) is 2. The summed E-state index contributed by atoms with van der Waals surface area (Å²) in [6.45, 7) is 4.66. The van der Waals surface area contributed by atoms with Crippen LogP contribution in [0.5, 0.6) is 0 Å². The molecular formula is C23H26BrN3O3. The van der Waals surface area contributed by atoms with E-state index in [4.69, 9.17) is 0 Å². The van der Waals surface area contributed by atoms with Gasteiger partial charge in [0.1, 0.15) is 0 Å². The number of nitrogens with one attached hydrogen (secondary N) is 1. The van der Waals surface area contributed by atoms with Crippen LogP contribution in [0.2, 0.25) is 0 Å². The number of imide groups is 1. The lowest BCUT2D eigenvalue weighted by atomic mass is 10.1. The maximum Gasteiger partial charge on any atom is 0.261 e. The van der Waals surface area contributed by atoms with Crippen LogP contribution in [0, 0.1) is 0 Å². The standard InChI is InChI=1S/C23H26BrN3O3/c1-3-26(2)15-17-7-4-6-16(12-17)14-25-21(28)8-5-11-27-22(29)19-10-9-18(24)13-20(19)23(27)30/h4,6-7,9-10,12-13H,3,5,8,11,14-15H2,1-2H3,(H,25,28). The Morgan fingerprint density at radius 1 is 1.07 bits per heavy atom. The fourth-order valence-corrected chi connectivity index (χ4v) is 3.78. The van der Waals surface area contributed by atoms with Gasteiger partial charge in [-0.3, -0.25) is 19.3 Å². The number of halogens is 1. The van der Waals surface area contributed by atoms with Gasteiger partial charge in [-0.2, -0.15) is 0 Å². The van der Waals surface area contributed by atoms with Gasteiger partial charge in [0.15, 0.2) is 0 Å². The third-order valence-corrected chi connectivity index (χ3v) is 5.68. The van der Waals surface area contributed by atoms with Crippen LogP contribution in [-0.2, 0) is 17.9 Å². The van der Waals surface area contributed by atoms with Crippen molar-refractivity contribution in [1.29, 1.82) is 0 Å². The molecule has 1 N–H and O–H groups in total. The molecule has 1 heterocycles. The molecular weight excluding hydrogens is 446 g/mol. The minimum absolute atomic E-state index is 0.0922. The maximum atomic E-state index is 12.5. The van der Waals surface area contributed by atoms with Gasteiger partial charge in [-0.1, -0.05) is 47.1 Å². The third kappa shape index (κ3) is 5.34. The first-order valence-corrected chi connectivity index (χ1v) is 10.9. The van der Waals surface area contributed by atoms with Crippen molar-refractivity contribution in [1.82, 2.24) is 15.1 Å². The Kier molecular flexibility index (Phi) is 7.39. The van der Waals surface area contributed by atoms with Crippen LogP contribution in [0.3, 0.4) is 0 Å². The van der Waals surface area contributed by atoms with E-state index in [1.165, 1.54) is 10.5 Å². The first kappa shape index (κ1) is 22.2. The average Bonchev–Trinajstić information content (AvgIpc) is 2.96. The summed E-state index contributed by atoms with van der Waals surface area (Å²) in [5, 5.41) is 2.92. The van der Waals surface area contributed by atoms with Gasteiger partial charge in [0.25, 0.3) is 11.8 Å². The van der Waals surface area contributed by atoms with Crippen molar-refractivity contribution < 1.29 is 14.4 Å². The summed E-state index contributed by atoms with van der Waals surface area (Å²) in [6.07, 6.45) is 0.690. The van der Waals surface area contributed by atoms with E-state index in [2.05, 4.69) is 52.3 Å². The predicted molar refractivity (Wildman–Crippen MR) is 119 cm³/mol. The van der Waals surface area contributed by atoms with Crippen molar-refractivity contribution in [3.05, 3.63) is 69.2 Å². The second-order valence-electron chi connectivity index (χ2n) is 7.48. The zero-order valence-electron chi connectivity index (χ0n) is 17.3. The molecule has 0 saturated carbocycles. The second kappa shape index (κ2) is 10.00. The highest BCUT2D eigenvalue weighted by molar-refractivity contribution is 9.10. The van der Waals surface area contributed by atoms with E-state index >= 15 is 0 Å². The molecule has 7 heteroatoms. The monoisotopic (exact) mass is 471 g/mol. The van der Waals surface area contributed by atoms with E-state index in [-0.39, 0.29) is 30.7 Å². The van der Waals surface area contributed by atoms with Gasteiger partial charge in [0.2, 0.25) is 5.91 Å². The van der Waals surface area contributed by atoms with Crippen molar-refractivity contribution in [2.45, 2.75) is 32.9 Å². The number of hydrogen-bond acceptors (Lipinski definition) is 4. The number of carbonyl (C=O) groups is 3. The van der Waals surface area contributed by atoms with Crippen molar-refractivity contribution in [2.75, 3.05) is 20.1 Å². The molecule has 0 atom stereocenters. The van der Waals surface area contributed by atoms with Crippen LogP contribution in [0.15, 0.2) is 46.9 Å². The van der Waals surface area contributed by atoms with Crippen LogP contribution in [0.1, 0.15) is 51.6 Å². The molecule has 0 unspecified atom stereocenters. The van der Waals surface area contributed by atoms with E-state index in [0.29, 0.717) is 24.1 Å². The number of hydrogen-bond donors (Lipinski definition) is 1. The number of amides is 3. The van der Waals surface area contributed by atoms with Gasteiger partial charge in [0.05, 0.1) is 11.1 Å². The Bertz CT molecular complexity index is 960. The van der Waals surface area contributed by atoms with Crippen LogP contribution >= 0.6 is 15.9 Å². The molecule has 6 nitrogen and oxygen atoms in total. The molecule has 3 rings (SSSR count). The minimum atomic E-state index is -0.300. The SMILES string of the molecule is CCN(C)Cc1cccc(CNC(=O)CCCN2C(=O)c3ccc(Br)cc3C2=O)c1. The fraction of sp³-hybridized carbons (Fsp3) is 0.348. The lowest BCUT2D eigenvalue weighted by Crippen LogP contribution is -2.32. The van der Waals surface area contributed by atoms with E-state index in [1.54, 1.807) is 18.2 Å². The lowest BCUT2D eigenvalue weighted by Gasteiger charge is -2.15. The van der Waals surface area contributed by atoms with E-state index in [0.717, 1.165) is 23.1 Å². The molecule has 30 heavy (non-hydrogen) atoms. The second-order valence-corrected chi connectivity index (χ2v) is 8.40. The lowest BCUT2D eigenvalue weighted by molar-refractivity contribution is -0.121. The number of fused-ring (bicyclic) bond motifs is 1. The first-order valence-electron chi connectivity index (χ1n) is 10.1. The Morgan fingerprint density at radius 2 is 1.80 bits per heavy atom. The number of carbonyl (C=O) groups excluding carboxylic acids is 3. The van der Waals surface area contributed by atoms with E-state index < -0.39 is 0 Å². The minimum Gasteiger partial charge on any atom is -0.352 e. The Hall–Kier alpha value is -2.51. The van der Waals surface area contributed by atoms with E-state index in [1.807, 2.05) is 12.1 Å². The normalized spacial score (nSPS) is 13.1. The quantitative estimate of drug-likeness (QED) is 0.567. The van der Waals surface area contributed by atoms with Gasteiger partial charge >= 0.3 is 0 Å². The van der Waals surface area contributed by atoms with Gasteiger partial charge < -0.3 is 10.2 Å². The van der Waals surface area contributed by atoms with Crippen LogP contribution in [0.4, 0.5) is 0 Å². The molecule has 0 saturated heterocycles. The molecule has 0 fully saturated rings. The van der Waals surface area contributed by atoms with E-state index in [9.17, 15) is 14.4 Å². The highest BCUT2D eigenvalue weighted by Gasteiger charge is 2.35. The maximum absolute atomic E-state index is 12.5. The van der Waals surface area contributed by atoms with Crippen LogP contribution in [0.25, 0.3) is 0 Å². The molecule has 2 aromatic rings. The zero-order valence-corrected chi connectivity index (χ0v) is 18.9. The Labute approximate surface area is 185 Å². The molecule has 158 valence electrons. The summed E-state index contributed by atoms with van der Waals surface area (Å²) < 4.78 is 0.758. The van der Waals surface area contributed by atoms with Gasteiger partial charge in [-0.15, -0.1) is 0 Å². The molecule has 0 radical (unpaired) electrons. The smallest absolute Gasteiger partial charge is 0.261 e. The number of rotatable bonds is 9. The Balaban J connectivity index is 1.45. The molecule has 1 aliphatic heterocycles. The highest BCUT2D eigenvalue weighted by atomic mass is 79.9. The van der Waals surface area contributed by atoms with Gasteiger partial charge in [0, 0.05) is 30.5 Å². The molecule has 0 bridgehead atoms. The molecule has 0 aromatic heterocycles. The molecule has 1 aliphatic rings. The number of benzene rings is 2.